The van der Waals surface area contributed by atoms with Gasteiger partial charge in [0.15, 0.2) is 0 Å². The molecule has 0 spiro atoms. The fraction of sp³-hybridized carbons (Fsp3) is 0.519. The van der Waals surface area contributed by atoms with Crippen LogP contribution in [-0.2, 0) is 14.0 Å². The fourth-order valence-corrected chi connectivity index (χ4v) is 9.68. The SMILES string of the molecule is CC(=O)N[C@@H](C)CO[C@H]1CC[C@H](O[Si](c2ccccc2)(c2ccccc2)C(C)(C)C)CC1. The van der Waals surface area contributed by atoms with E-state index in [9.17, 15) is 4.79 Å². The molecule has 0 unspecified atom stereocenters. The molecule has 32 heavy (non-hydrogen) atoms. The number of benzene rings is 2. The molecule has 1 atom stereocenters. The zero-order valence-electron chi connectivity index (χ0n) is 20.3. The summed E-state index contributed by atoms with van der Waals surface area (Å²) in [6.07, 6.45) is 4.47. The van der Waals surface area contributed by atoms with Gasteiger partial charge in [0.2, 0.25) is 5.91 Å². The summed E-state index contributed by atoms with van der Waals surface area (Å²) in [5.74, 6) is -0.0106. The van der Waals surface area contributed by atoms with Crippen LogP contribution in [0.2, 0.25) is 5.04 Å². The van der Waals surface area contributed by atoms with Crippen LogP contribution in [0.5, 0.6) is 0 Å². The van der Waals surface area contributed by atoms with Crippen molar-refractivity contribution in [1.29, 1.82) is 0 Å². The third kappa shape index (κ3) is 5.88. The normalized spacial score (nSPS) is 20.5. The lowest BCUT2D eigenvalue weighted by atomic mass is 9.95. The van der Waals surface area contributed by atoms with E-state index in [4.69, 9.17) is 9.16 Å². The molecule has 2 aromatic rings. The fourth-order valence-electron chi connectivity index (χ4n) is 4.93. The summed E-state index contributed by atoms with van der Waals surface area (Å²) in [5.41, 5.74) is 0. The van der Waals surface area contributed by atoms with Gasteiger partial charge < -0.3 is 14.5 Å². The van der Waals surface area contributed by atoms with E-state index in [0.717, 1.165) is 25.7 Å². The molecule has 0 heterocycles. The van der Waals surface area contributed by atoms with Gasteiger partial charge in [0.25, 0.3) is 8.32 Å². The monoisotopic (exact) mass is 453 g/mol. The zero-order chi connectivity index (χ0) is 23.2. The number of hydrogen-bond acceptors (Lipinski definition) is 3. The van der Waals surface area contributed by atoms with E-state index in [2.05, 4.69) is 86.8 Å². The summed E-state index contributed by atoms with van der Waals surface area (Å²) in [7, 11) is -2.50. The first-order chi connectivity index (χ1) is 15.2. The van der Waals surface area contributed by atoms with Crippen LogP contribution in [0.25, 0.3) is 0 Å². The quantitative estimate of drug-likeness (QED) is 0.602. The van der Waals surface area contributed by atoms with E-state index in [-0.39, 0.29) is 29.2 Å². The van der Waals surface area contributed by atoms with E-state index in [0.29, 0.717) is 6.61 Å². The molecular weight excluding hydrogens is 414 g/mol. The van der Waals surface area contributed by atoms with Crippen LogP contribution in [0.15, 0.2) is 60.7 Å². The third-order valence-corrected chi connectivity index (χ3v) is 11.5. The Labute approximate surface area is 194 Å². The van der Waals surface area contributed by atoms with E-state index >= 15 is 0 Å². The molecule has 1 fully saturated rings. The summed E-state index contributed by atoms with van der Waals surface area (Å²) in [6, 6.07) is 21.8. The van der Waals surface area contributed by atoms with Crippen molar-refractivity contribution in [2.24, 2.45) is 0 Å². The second-order valence-corrected chi connectivity index (χ2v) is 14.4. The molecule has 3 rings (SSSR count). The predicted molar refractivity (Wildman–Crippen MR) is 134 cm³/mol. The van der Waals surface area contributed by atoms with Crippen molar-refractivity contribution in [2.45, 2.75) is 83.6 Å². The summed E-state index contributed by atoms with van der Waals surface area (Å²) in [6.45, 7) is 11.1. The summed E-state index contributed by atoms with van der Waals surface area (Å²) >= 11 is 0. The maximum absolute atomic E-state index is 11.2. The second-order valence-electron chi connectivity index (χ2n) is 10.1. The van der Waals surface area contributed by atoms with Crippen molar-refractivity contribution in [3.8, 4) is 0 Å². The minimum absolute atomic E-state index is 0.00313. The van der Waals surface area contributed by atoms with Gasteiger partial charge in [-0.2, -0.15) is 0 Å². The predicted octanol–water partition coefficient (Wildman–Crippen LogP) is 4.42. The second kappa shape index (κ2) is 10.8. The molecule has 0 aliphatic heterocycles. The van der Waals surface area contributed by atoms with E-state index in [1.807, 2.05) is 6.92 Å². The Bertz CT molecular complexity index is 803. The van der Waals surface area contributed by atoms with Crippen LogP contribution < -0.4 is 15.7 Å². The molecule has 1 saturated carbocycles. The van der Waals surface area contributed by atoms with Gasteiger partial charge in [-0.1, -0.05) is 81.4 Å². The molecule has 5 heteroatoms. The first-order valence-corrected chi connectivity index (χ1v) is 13.8. The number of nitrogens with one attached hydrogen (secondary N) is 1. The number of carbonyl (C=O) groups is 1. The van der Waals surface area contributed by atoms with Crippen molar-refractivity contribution in [1.82, 2.24) is 5.32 Å². The number of carbonyl (C=O) groups excluding carboxylic acids is 1. The summed E-state index contributed by atoms with van der Waals surface area (Å²) in [4.78, 5) is 11.2. The van der Waals surface area contributed by atoms with Gasteiger partial charge in [-0.15, -0.1) is 0 Å². The van der Waals surface area contributed by atoms with Gasteiger partial charge in [0.1, 0.15) is 0 Å². The number of rotatable bonds is 8. The standard InChI is InChI=1S/C27H39NO3Si/c1-21(28-22(2)29)20-30-23-16-18-24(19-17-23)31-32(27(3,4)5,25-12-8-6-9-13-25)26-14-10-7-11-15-26/h6-15,21,23-24H,16-20H2,1-5H3,(H,28,29)/t21-,23-,24-/m0/s1. The Morgan fingerprint density at radius 1 is 0.938 bits per heavy atom. The maximum Gasteiger partial charge on any atom is 0.261 e. The van der Waals surface area contributed by atoms with Gasteiger partial charge >= 0.3 is 0 Å². The van der Waals surface area contributed by atoms with Gasteiger partial charge in [0, 0.05) is 19.1 Å². The summed E-state index contributed by atoms with van der Waals surface area (Å²) < 4.78 is 13.4. The van der Waals surface area contributed by atoms with Crippen molar-refractivity contribution in [2.75, 3.05) is 6.61 Å². The van der Waals surface area contributed by atoms with Crippen LogP contribution in [0.3, 0.4) is 0 Å². The van der Waals surface area contributed by atoms with Gasteiger partial charge in [0.05, 0.1) is 12.7 Å². The smallest absolute Gasteiger partial charge is 0.261 e. The number of amides is 1. The van der Waals surface area contributed by atoms with E-state index in [1.54, 1.807) is 6.92 Å². The van der Waals surface area contributed by atoms with Crippen LogP contribution >= 0.6 is 0 Å². The average molecular weight is 454 g/mol. The Morgan fingerprint density at radius 2 is 1.41 bits per heavy atom. The minimum Gasteiger partial charge on any atom is -0.404 e. The number of hydrogen-bond donors (Lipinski definition) is 1. The molecule has 1 amide bonds. The Morgan fingerprint density at radius 3 is 1.84 bits per heavy atom. The van der Waals surface area contributed by atoms with Crippen molar-refractivity contribution in [3.05, 3.63) is 60.7 Å². The molecule has 0 saturated heterocycles. The highest BCUT2D eigenvalue weighted by Gasteiger charge is 2.51. The molecule has 2 aromatic carbocycles. The Hall–Kier alpha value is -1.95. The molecule has 0 aromatic heterocycles. The molecule has 1 aliphatic carbocycles. The average Bonchev–Trinajstić information content (AvgIpc) is 2.77. The van der Waals surface area contributed by atoms with Crippen LogP contribution in [0.4, 0.5) is 0 Å². The molecular formula is C27H39NO3Si. The lowest BCUT2D eigenvalue weighted by Crippen LogP contribution is -2.67. The maximum atomic E-state index is 11.2. The Kier molecular flexibility index (Phi) is 8.31. The first-order valence-electron chi connectivity index (χ1n) is 11.9. The minimum atomic E-state index is -2.50. The molecule has 174 valence electrons. The molecule has 0 bridgehead atoms. The zero-order valence-corrected chi connectivity index (χ0v) is 21.3. The first kappa shape index (κ1) is 24.7. The van der Waals surface area contributed by atoms with Gasteiger partial charge in [-0.05, 0) is 48.0 Å². The molecule has 0 radical (unpaired) electrons. The van der Waals surface area contributed by atoms with Crippen molar-refractivity contribution in [3.63, 3.8) is 0 Å². The van der Waals surface area contributed by atoms with E-state index in [1.165, 1.54) is 10.4 Å². The van der Waals surface area contributed by atoms with E-state index < -0.39 is 8.32 Å². The topological polar surface area (TPSA) is 47.6 Å². The van der Waals surface area contributed by atoms with Crippen molar-refractivity contribution < 1.29 is 14.0 Å². The molecule has 1 aliphatic rings. The Balaban J connectivity index is 1.75. The molecule has 1 N–H and O–H groups in total. The van der Waals surface area contributed by atoms with Crippen LogP contribution in [0.1, 0.15) is 60.3 Å². The molecule has 4 nitrogen and oxygen atoms in total. The summed E-state index contributed by atoms with van der Waals surface area (Å²) in [5, 5.41) is 5.56. The van der Waals surface area contributed by atoms with Crippen LogP contribution in [0, 0.1) is 0 Å². The highest BCUT2D eigenvalue weighted by Crippen LogP contribution is 2.39. The van der Waals surface area contributed by atoms with Crippen LogP contribution in [-0.4, -0.2) is 39.1 Å². The lowest BCUT2D eigenvalue weighted by molar-refractivity contribution is -0.120. The third-order valence-electron chi connectivity index (χ3n) is 6.41. The van der Waals surface area contributed by atoms with Crippen molar-refractivity contribution >= 4 is 24.6 Å². The highest BCUT2D eigenvalue weighted by atomic mass is 28.4. The van der Waals surface area contributed by atoms with Gasteiger partial charge in [-0.25, -0.2) is 0 Å². The van der Waals surface area contributed by atoms with Gasteiger partial charge in [-0.3, -0.25) is 4.79 Å². The largest absolute Gasteiger partial charge is 0.404 e. The lowest BCUT2D eigenvalue weighted by Gasteiger charge is -2.46. The number of ether oxygens (including phenoxy) is 1. The highest BCUT2D eigenvalue weighted by molar-refractivity contribution is 6.99.